The average Bonchev–Trinajstić information content (AvgIpc) is 2.99. The van der Waals surface area contributed by atoms with Crippen LogP contribution in [0.4, 0.5) is 0 Å². The number of para-hydroxylation sites is 3. The van der Waals surface area contributed by atoms with Gasteiger partial charge in [0.05, 0.1) is 11.0 Å². The molecule has 25 heavy (non-hydrogen) atoms. The predicted molar refractivity (Wildman–Crippen MR) is 104 cm³/mol. The normalized spacial score (nSPS) is 12.2. The number of allylic oxidation sites excluding steroid dienone is 1. The van der Waals surface area contributed by atoms with E-state index in [9.17, 15) is 0 Å². The number of hydrogen-bond donors (Lipinski definition) is 0. The Hall–Kier alpha value is -2.55. The molecule has 0 amide bonds. The summed E-state index contributed by atoms with van der Waals surface area (Å²) in [5.41, 5.74) is 3.37. The van der Waals surface area contributed by atoms with E-state index in [1.807, 2.05) is 30.3 Å². The van der Waals surface area contributed by atoms with Crippen LogP contribution in [0.5, 0.6) is 5.75 Å². The van der Waals surface area contributed by atoms with Gasteiger partial charge >= 0.3 is 0 Å². The molecular formula is C22H26N2O. The Morgan fingerprint density at radius 2 is 1.92 bits per heavy atom. The highest BCUT2D eigenvalue weighted by Crippen LogP contribution is 2.23. The van der Waals surface area contributed by atoms with Crippen molar-refractivity contribution >= 4 is 11.0 Å². The van der Waals surface area contributed by atoms with E-state index >= 15 is 0 Å². The minimum atomic E-state index is 0.471. The molecular weight excluding hydrogens is 308 g/mol. The van der Waals surface area contributed by atoms with Gasteiger partial charge in [-0.3, -0.25) is 0 Å². The molecule has 3 rings (SSSR count). The van der Waals surface area contributed by atoms with Gasteiger partial charge in [-0.05, 0) is 36.1 Å². The summed E-state index contributed by atoms with van der Waals surface area (Å²) in [5, 5.41) is 0. The second kappa shape index (κ2) is 8.02. The fourth-order valence-corrected chi connectivity index (χ4v) is 2.99. The molecule has 3 aromatic rings. The van der Waals surface area contributed by atoms with Crippen LogP contribution in [0, 0.1) is 5.92 Å². The maximum Gasteiger partial charge on any atom is 0.148 e. The van der Waals surface area contributed by atoms with E-state index in [0.29, 0.717) is 12.5 Å². The lowest BCUT2D eigenvalue weighted by molar-refractivity contribution is 0.284. The Bertz CT molecular complexity index is 850. The van der Waals surface area contributed by atoms with Crippen LogP contribution in [-0.4, -0.2) is 9.55 Å². The summed E-state index contributed by atoms with van der Waals surface area (Å²) in [6, 6.07) is 16.4. The highest BCUT2D eigenvalue weighted by molar-refractivity contribution is 5.75. The maximum absolute atomic E-state index is 6.13. The van der Waals surface area contributed by atoms with Crippen molar-refractivity contribution in [2.24, 2.45) is 5.92 Å². The SMILES string of the molecule is C=CCc1ccccc1OCc1nc2ccccc2n1CC(C)CC. The summed E-state index contributed by atoms with van der Waals surface area (Å²) < 4.78 is 8.44. The average molecular weight is 334 g/mol. The zero-order chi connectivity index (χ0) is 17.6. The second-order valence-electron chi connectivity index (χ2n) is 6.53. The molecule has 0 spiro atoms. The fourth-order valence-electron chi connectivity index (χ4n) is 2.99. The Labute approximate surface area is 150 Å². The summed E-state index contributed by atoms with van der Waals surface area (Å²) in [5.74, 6) is 2.49. The molecule has 1 aromatic heterocycles. The lowest BCUT2D eigenvalue weighted by Gasteiger charge is -2.15. The van der Waals surface area contributed by atoms with Gasteiger partial charge in [0.1, 0.15) is 18.2 Å². The third-order valence-electron chi connectivity index (χ3n) is 4.62. The van der Waals surface area contributed by atoms with E-state index in [2.05, 4.69) is 49.3 Å². The molecule has 0 aliphatic heterocycles. The van der Waals surface area contributed by atoms with Gasteiger partial charge in [0, 0.05) is 6.54 Å². The first-order valence-corrected chi connectivity index (χ1v) is 8.98. The smallest absolute Gasteiger partial charge is 0.148 e. The molecule has 0 saturated carbocycles. The molecule has 0 bridgehead atoms. The fraction of sp³-hybridized carbons (Fsp3) is 0.318. The summed E-state index contributed by atoms with van der Waals surface area (Å²) in [6.07, 6.45) is 3.86. The van der Waals surface area contributed by atoms with Crippen molar-refractivity contribution in [2.45, 2.75) is 39.8 Å². The van der Waals surface area contributed by atoms with Gasteiger partial charge < -0.3 is 9.30 Å². The molecule has 0 aliphatic carbocycles. The number of hydrogen-bond acceptors (Lipinski definition) is 2. The lowest BCUT2D eigenvalue weighted by atomic mass is 10.1. The zero-order valence-electron chi connectivity index (χ0n) is 15.1. The van der Waals surface area contributed by atoms with Crippen LogP contribution < -0.4 is 4.74 Å². The second-order valence-corrected chi connectivity index (χ2v) is 6.53. The van der Waals surface area contributed by atoms with E-state index in [1.165, 1.54) is 5.52 Å². The van der Waals surface area contributed by atoms with Crippen molar-refractivity contribution in [1.82, 2.24) is 9.55 Å². The van der Waals surface area contributed by atoms with Gasteiger partial charge in [-0.1, -0.05) is 56.7 Å². The standard InChI is InChI=1S/C22H26N2O/c1-4-10-18-11-6-9-14-21(18)25-16-22-23-19-12-7-8-13-20(19)24(22)15-17(3)5-2/h4,6-9,11-14,17H,1,5,10,15-16H2,2-3H3. The summed E-state index contributed by atoms with van der Waals surface area (Å²) >= 11 is 0. The van der Waals surface area contributed by atoms with Crippen LogP contribution >= 0.6 is 0 Å². The van der Waals surface area contributed by atoms with Crippen LogP contribution in [0.2, 0.25) is 0 Å². The van der Waals surface area contributed by atoms with Gasteiger partial charge in [-0.15, -0.1) is 6.58 Å². The van der Waals surface area contributed by atoms with Crippen molar-refractivity contribution in [2.75, 3.05) is 0 Å². The summed E-state index contributed by atoms with van der Waals surface area (Å²) in [7, 11) is 0. The lowest BCUT2D eigenvalue weighted by Crippen LogP contribution is -2.12. The van der Waals surface area contributed by atoms with Crippen molar-refractivity contribution in [1.29, 1.82) is 0 Å². The zero-order valence-corrected chi connectivity index (χ0v) is 15.1. The van der Waals surface area contributed by atoms with E-state index in [0.717, 1.165) is 42.0 Å². The monoisotopic (exact) mass is 334 g/mol. The number of ether oxygens (including phenoxy) is 1. The minimum absolute atomic E-state index is 0.471. The molecule has 2 aromatic carbocycles. The third-order valence-corrected chi connectivity index (χ3v) is 4.62. The van der Waals surface area contributed by atoms with E-state index in [1.54, 1.807) is 0 Å². The highest BCUT2D eigenvalue weighted by atomic mass is 16.5. The van der Waals surface area contributed by atoms with E-state index < -0.39 is 0 Å². The Balaban J connectivity index is 1.88. The van der Waals surface area contributed by atoms with Crippen molar-refractivity contribution < 1.29 is 4.74 Å². The molecule has 130 valence electrons. The number of benzene rings is 2. The number of aromatic nitrogens is 2. The van der Waals surface area contributed by atoms with Gasteiger partial charge in [-0.25, -0.2) is 4.98 Å². The molecule has 3 heteroatoms. The van der Waals surface area contributed by atoms with Crippen LogP contribution in [0.3, 0.4) is 0 Å². The molecule has 1 unspecified atom stereocenters. The Kier molecular flexibility index (Phi) is 5.54. The maximum atomic E-state index is 6.13. The van der Waals surface area contributed by atoms with Gasteiger partial charge in [-0.2, -0.15) is 0 Å². The molecule has 0 N–H and O–H groups in total. The molecule has 0 saturated heterocycles. The summed E-state index contributed by atoms with van der Waals surface area (Å²) in [4.78, 5) is 4.81. The minimum Gasteiger partial charge on any atom is -0.485 e. The van der Waals surface area contributed by atoms with Crippen LogP contribution in [0.1, 0.15) is 31.7 Å². The van der Waals surface area contributed by atoms with E-state index in [4.69, 9.17) is 9.72 Å². The predicted octanol–water partition coefficient (Wildman–Crippen LogP) is 5.39. The Morgan fingerprint density at radius 3 is 2.72 bits per heavy atom. The third kappa shape index (κ3) is 3.93. The van der Waals surface area contributed by atoms with Gasteiger partial charge in [0.2, 0.25) is 0 Å². The molecule has 3 nitrogen and oxygen atoms in total. The van der Waals surface area contributed by atoms with Crippen molar-refractivity contribution in [3.63, 3.8) is 0 Å². The molecule has 0 fully saturated rings. The van der Waals surface area contributed by atoms with E-state index in [-0.39, 0.29) is 0 Å². The van der Waals surface area contributed by atoms with Crippen LogP contribution in [0.25, 0.3) is 11.0 Å². The Morgan fingerprint density at radius 1 is 1.16 bits per heavy atom. The molecule has 1 heterocycles. The van der Waals surface area contributed by atoms with Crippen LogP contribution in [0.15, 0.2) is 61.2 Å². The first-order valence-electron chi connectivity index (χ1n) is 8.98. The first kappa shape index (κ1) is 17.3. The first-order chi connectivity index (χ1) is 12.2. The largest absolute Gasteiger partial charge is 0.485 e. The number of rotatable bonds is 8. The van der Waals surface area contributed by atoms with Gasteiger partial charge in [0.25, 0.3) is 0 Å². The van der Waals surface area contributed by atoms with Crippen molar-refractivity contribution in [3.8, 4) is 5.75 Å². The molecule has 0 aliphatic rings. The molecule has 0 radical (unpaired) electrons. The molecule has 1 atom stereocenters. The van der Waals surface area contributed by atoms with Crippen LogP contribution in [-0.2, 0) is 19.6 Å². The number of imidazole rings is 1. The number of nitrogens with zero attached hydrogens (tertiary/aromatic N) is 2. The summed E-state index contributed by atoms with van der Waals surface area (Å²) in [6.45, 7) is 9.77. The quantitative estimate of drug-likeness (QED) is 0.516. The topological polar surface area (TPSA) is 27.1 Å². The van der Waals surface area contributed by atoms with Gasteiger partial charge in [0.15, 0.2) is 0 Å². The van der Waals surface area contributed by atoms with Crippen molar-refractivity contribution in [3.05, 3.63) is 72.6 Å². The highest BCUT2D eigenvalue weighted by Gasteiger charge is 2.13. The number of fused-ring (bicyclic) bond motifs is 1.